The van der Waals surface area contributed by atoms with Crippen LogP contribution in [0.25, 0.3) is 0 Å². The van der Waals surface area contributed by atoms with Crippen molar-refractivity contribution in [2.75, 3.05) is 31.1 Å². The number of hydrogen-bond acceptors (Lipinski definition) is 5. The van der Waals surface area contributed by atoms with Crippen LogP contribution in [0.5, 0.6) is 0 Å². The number of hydrogen-bond donors (Lipinski definition) is 0. The third kappa shape index (κ3) is 3.49. The first kappa shape index (κ1) is 15.5. The molecule has 0 bridgehead atoms. The average molecular weight is 314 g/mol. The van der Waals surface area contributed by atoms with Crippen molar-refractivity contribution in [3.8, 4) is 0 Å². The molecule has 2 aromatic rings. The molecule has 1 amide bonds. The molecular formula is C16H22N6O. The maximum absolute atomic E-state index is 12.3. The molecule has 1 aliphatic heterocycles. The molecule has 0 radical (unpaired) electrons. The highest BCUT2D eigenvalue weighted by atomic mass is 16.2. The minimum Gasteiger partial charge on any atom is -0.353 e. The molecule has 7 nitrogen and oxygen atoms in total. The number of nitrogens with zero attached hydrogens (tertiary/aromatic N) is 6. The number of amides is 1. The van der Waals surface area contributed by atoms with E-state index in [0.29, 0.717) is 12.8 Å². The lowest BCUT2D eigenvalue weighted by Gasteiger charge is -2.36. The van der Waals surface area contributed by atoms with E-state index >= 15 is 0 Å². The van der Waals surface area contributed by atoms with Crippen LogP contribution in [0.2, 0.25) is 0 Å². The molecule has 0 unspecified atom stereocenters. The van der Waals surface area contributed by atoms with Gasteiger partial charge in [0.05, 0.1) is 0 Å². The molecule has 0 spiro atoms. The Balaban J connectivity index is 1.51. The average Bonchev–Trinajstić information content (AvgIpc) is 2.98. The number of aromatic nitrogens is 4. The van der Waals surface area contributed by atoms with Crippen molar-refractivity contribution in [3.05, 3.63) is 36.0 Å². The van der Waals surface area contributed by atoms with Gasteiger partial charge in [-0.05, 0) is 18.6 Å². The van der Waals surface area contributed by atoms with Gasteiger partial charge in [0.1, 0.15) is 18.0 Å². The van der Waals surface area contributed by atoms with Gasteiger partial charge in [-0.2, -0.15) is 0 Å². The van der Waals surface area contributed by atoms with Gasteiger partial charge in [0.15, 0.2) is 0 Å². The zero-order chi connectivity index (χ0) is 16.2. The van der Waals surface area contributed by atoms with E-state index in [0.717, 1.165) is 37.8 Å². The summed E-state index contributed by atoms with van der Waals surface area (Å²) < 4.78 is 1.86. The van der Waals surface area contributed by atoms with E-state index in [9.17, 15) is 4.79 Å². The molecule has 2 aromatic heterocycles. The first-order chi connectivity index (χ1) is 11.1. The topological polar surface area (TPSA) is 67.2 Å². The van der Waals surface area contributed by atoms with Gasteiger partial charge in [-0.3, -0.25) is 4.79 Å². The van der Waals surface area contributed by atoms with Crippen LogP contribution in [0.15, 0.2) is 24.7 Å². The summed E-state index contributed by atoms with van der Waals surface area (Å²) in [6.45, 7) is 5.21. The van der Waals surface area contributed by atoms with E-state index in [1.807, 2.05) is 28.8 Å². The Morgan fingerprint density at radius 3 is 2.70 bits per heavy atom. The Bertz CT molecular complexity index is 675. The summed E-state index contributed by atoms with van der Waals surface area (Å²) in [6.07, 6.45) is 4.60. The van der Waals surface area contributed by atoms with Gasteiger partial charge in [-0.1, -0.05) is 6.07 Å². The second-order valence-corrected chi connectivity index (χ2v) is 5.87. The second-order valence-electron chi connectivity index (χ2n) is 5.87. The largest absolute Gasteiger partial charge is 0.353 e. The molecule has 1 saturated heterocycles. The van der Waals surface area contributed by atoms with Crippen molar-refractivity contribution < 1.29 is 4.79 Å². The molecule has 0 aliphatic carbocycles. The van der Waals surface area contributed by atoms with Crippen molar-refractivity contribution in [1.29, 1.82) is 0 Å². The quantitative estimate of drug-likeness (QED) is 0.835. The molecule has 1 aliphatic rings. The smallest absolute Gasteiger partial charge is 0.223 e. The van der Waals surface area contributed by atoms with Crippen LogP contribution in [0.1, 0.15) is 17.8 Å². The van der Waals surface area contributed by atoms with Crippen LogP contribution in [-0.4, -0.2) is 56.7 Å². The molecule has 1 fully saturated rings. The molecule has 0 atom stereocenters. The van der Waals surface area contributed by atoms with Crippen molar-refractivity contribution in [1.82, 2.24) is 24.6 Å². The Hall–Kier alpha value is -2.44. The summed E-state index contributed by atoms with van der Waals surface area (Å²) in [5.41, 5.74) is 1.18. The maximum atomic E-state index is 12.3. The predicted molar refractivity (Wildman–Crippen MR) is 87.1 cm³/mol. The molecule has 3 rings (SSSR count). The van der Waals surface area contributed by atoms with Gasteiger partial charge in [-0.25, -0.2) is 4.98 Å². The minimum atomic E-state index is 0.186. The standard InChI is InChI=1S/C16H22N6O/c1-13-4-3-7-17-16(13)22-10-8-21(9-11-22)15(23)6-5-14-19-18-12-20(14)2/h3-4,7,12H,5-6,8-11H2,1-2H3. The SMILES string of the molecule is Cc1cccnc1N1CCN(C(=O)CCc2nncn2C)CC1. The fourth-order valence-electron chi connectivity index (χ4n) is 2.89. The van der Waals surface area contributed by atoms with E-state index in [2.05, 4.69) is 33.1 Å². The molecule has 0 saturated carbocycles. The monoisotopic (exact) mass is 314 g/mol. The summed E-state index contributed by atoms with van der Waals surface area (Å²) in [7, 11) is 1.90. The first-order valence-corrected chi connectivity index (χ1v) is 7.92. The highest BCUT2D eigenvalue weighted by molar-refractivity contribution is 5.76. The van der Waals surface area contributed by atoms with E-state index in [1.54, 1.807) is 6.33 Å². The van der Waals surface area contributed by atoms with Gasteiger partial charge < -0.3 is 14.4 Å². The van der Waals surface area contributed by atoms with Gasteiger partial charge >= 0.3 is 0 Å². The van der Waals surface area contributed by atoms with E-state index in [4.69, 9.17) is 0 Å². The summed E-state index contributed by atoms with van der Waals surface area (Å²) in [6, 6.07) is 4.02. The van der Waals surface area contributed by atoms with E-state index < -0.39 is 0 Å². The van der Waals surface area contributed by atoms with Crippen LogP contribution in [0.4, 0.5) is 5.82 Å². The Morgan fingerprint density at radius 1 is 1.26 bits per heavy atom. The number of aryl methyl sites for hydroxylation is 3. The number of pyridine rings is 1. The van der Waals surface area contributed by atoms with Crippen LogP contribution >= 0.6 is 0 Å². The molecule has 7 heteroatoms. The molecule has 0 aromatic carbocycles. The van der Waals surface area contributed by atoms with Crippen LogP contribution in [-0.2, 0) is 18.3 Å². The summed E-state index contributed by atoms with van der Waals surface area (Å²) in [5.74, 6) is 2.06. The molecule has 0 N–H and O–H groups in total. The van der Waals surface area contributed by atoms with Gasteiger partial charge in [0, 0.05) is 52.3 Å². The van der Waals surface area contributed by atoms with Gasteiger partial charge in [0.25, 0.3) is 0 Å². The lowest BCUT2D eigenvalue weighted by molar-refractivity contribution is -0.131. The van der Waals surface area contributed by atoms with Crippen molar-refractivity contribution in [2.24, 2.45) is 7.05 Å². The van der Waals surface area contributed by atoms with Crippen LogP contribution in [0.3, 0.4) is 0 Å². The Kier molecular flexibility index (Phi) is 4.55. The first-order valence-electron chi connectivity index (χ1n) is 7.92. The number of anilines is 1. The summed E-state index contributed by atoms with van der Waals surface area (Å²) >= 11 is 0. The van der Waals surface area contributed by atoms with Gasteiger partial charge in [-0.15, -0.1) is 10.2 Å². The zero-order valence-corrected chi connectivity index (χ0v) is 13.6. The fourth-order valence-corrected chi connectivity index (χ4v) is 2.89. The zero-order valence-electron chi connectivity index (χ0n) is 13.6. The number of carbonyl (C=O) groups excluding carboxylic acids is 1. The van der Waals surface area contributed by atoms with Crippen LogP contribution in [0, 0.1) is 6.92 Å². The fraction of sp³-hybridized carbons (Fsp3) is 0.500. The number of rotatable bonds is 4. The molecule has 23 heavy (non-hydrogen) atoms. The second kappa shape index (κ2) is 6.76. The van der Waals surface area contributed by atoms with Crippen molar-refractivity contribution in [3.63, 3.8) is 0 Å². The lowest BCUT2D eigenvalue weighted by atomic mass is 10.2. The summed E-state index contributed by atoms with van der Waals surface area (Å²) in [4.78, 5) is 21.0. The third-order valence-electron chi connectivity index (χ3n) is 4.28. The van der Waals surface area contributed by atoms with E-state index in [-0.39, 0.29) is 5.91 Å². The van der Waals surface area contributed by atoms with Gasteiger partial charge in [0.2, 0.25) is 5.91 Å². The maximum Gasteiger partial charge on any atom is 0.223 e. The van der Waals surface area contributed by atoms with Crippen molar-refractivity contribution >= 4 is 11.7 Å². The number of carbonyl (C=O) groups is 1. The number of piperazine rings is 1. The Labute approximate surface area is 135 Å². The lowest BCUT2D eigenvalue weighted by Crippen LogP contribution is -2.49. The highest BCUT2D eigenvalue weighted by Crippen LogP contribution is 2.18. The van der Waals surface area contributed by atoms with Crippen molar-refractivity contribution in [2.45, 2.75) is 19.8 Å². The molecule has 3 heterocycles. The minimum absolute atomic E-state index is 0.186. The third-order valence-corrected chi connectivity index (χ3v) is 4.28. The normalized spacial score (nSPS) is 15.0. The van der Waals surface area contributed by atoms with E-state index in [1.165, 1.54) is 5.56 Å². The van der Waals surface area contributed by atoms with Crippen LogP contribution < -0.4 is 4.90 Å². The molecular weight excluding hydrogens is 292 g/mol. The molecule has 122 valence electrons. The summed E-state index contributed by atoms with van der Waals surface area (Å²) in [5, 5.41) is 7.86. The Morgan fingerprint density at radius 2 is 2.04 bits per heavy atom. The highest BCUT2D eigenvalue weighted by Gasteiger charge is 2.22. The predicted octanol–water partition coefficient (Wildman–Crippen LogP) is 0.800.